The standard InChI is InChI=1S/C19H21Cl2FN2O2/c20-14-5-6-16(21)19(11-14)26-13-15(25)12-23-7-9-24(10-8-23)18-4-2-1-3-17(18)22/h1-6,11,15,25H,7-10,12-13H2/p+1/t15-/m0/s1. The molecule has 0 amide bonds. The molecule has 4 nitrogen and oxygen atoms in total. The third kappa shape index (κ3) is 5.01. The van der Waals surface area contributed by atoms with Crippen LogP contribution in [0.25, 0.3) is 0 Å². The molecule has 7 heteroatoms. The summed E-state index contributed by atoms with van der Waals surface area (Å²) in [5.74, 6) is 0.278. The molecule has 2 aromatic rings. The molecule has 140 valence electrons. The summed E-state index contributed by atoms with van der Waals surface area (Å²) in [7, 11) is 0. The van der Waals surface area contributed by atoms with E-state index in [0.29, 0.717) is 28.0 Å². The van der Waals surface area contributed by atoms with E-state index >= 15 is 0 Å². The molecular weight excluding hydrogens is 378 g/mol. The Labute approximate surface area is 162 Å². The number of nitrogens with one attached hydrogen (secondary N) is 1. The number of benzene rings is 2. The van der Waals surface area contributed by atoms with Crippen LogP contribution < -0.4 is 14.5 Å². The Balaban J connectivity index is 1.45. The Morgan fingerprint density at radius 1 is 1.15 bits per heavy atom. The molecule has 3 rings (SSSR count). The SMILES string of the molecule is O[C@H](COc1cc(Cl)ccc1Cl)C[NH+]1CCN(c2ccccc2F)CC1. The number of para-hydroxylation sites is 1. The highest BCUT2D eigenvalue weighted by Gasteiger charge is 2.24. The molecule has 2 N–H and O–H groups in total. The van der Waals surface area contributed by atoms with Gasteiger partial charge in [0.1, 0.15) is 30.8 Å². The molecular formula is C19H22Cl2FN2O2+. The Kier molecular flexibility index (Phi) is 6.59. The highest BCUT2D eigenvalue weighted by molar-refractivity contribution is 6.34. The van der Waals surface area contributed by atoms with Crippen molar-refractivity contribution in [2.75, 3.05) is 44.2 Å². The Hall–Kier alpha value is -1.53. The molecule has 1 aliphatic rings. The van der Waals surface area contributed by atoms with Gasteiger partial charge in [-0.25, -0.2) is 4.39 Å². The zero-order valence-electron chi connectivity index (χ0n) is 14.3. The molecule has 0 spiro atoms. The van der Waals surface area contributed by atoms with E-state index in [0.717, 1.165) is 26.2 Å². The number of aliphatic hydroxyl groups is 1. The van der Waals surface area contributed by atoms with Crippen molar-refractivity contribution in [2.24, 2.45) is 0 Å². The lowest BCUT2D eigenvalue weighted by Crippen LogP contribution is -3.16. The average Bonchev–Trinajstić information content (AvgIpc) is 2.64. The predicted molar refractivity (Wildman–Crippen MR) is 102 cm³/mol. The van der Waals surface area contributed by atoms with E-state index in [1.807, 2.05) is 11.0 Å². The number of nitrogens with zero attached hydrogens (tertiary/aromatic N) is 1. The molecule has 0 aromatic heterocycles. The van der Waals surface area contributed by atoms with E-state index in [1.54, 1.807) is 30.3 Å². The Bertz CT molecular complexity index is 739. The summed E-state index contributed by atoms with van der Waals surface area (Å²) in [5, 5.41) is 11.3. The number of ether oxygens (including phenoxy) is 1. The zero-order valence-corrected chi connectivity index (χ0v) is 15.8. The first-order valence-corrected chi connectivity index (χ1v) is 9.37. The highest BCUT2D eigenvalue weighted by Crippen LogP contribution is 2.27. The average molecular weight is 400 g/mol. The smallest absolute Gasteiger partial charge is 0.146 e. The fourth-order valence-electron chi connectivity index (χ4n) is 3.14. The van der Waals surface area contributed by atoms with Crippen LogP contribution in [0.4, 0.5) is 10.1 Å². The third-order valence-electron chi connectivity index (χ3n) is 4.51. The molecule has 1 saturated heterocycles. The van der Waals surface area contributed by atoms with Crippen LogP contribution in [0.3, 0.4) is 0 Å². The molecule has 0 radical (unpaired) electrons. The van der Waals surface area contributed by atoms with Gasteiger partial charge >= 0.3 is 0 Å². The summed E-state index contributed by atoms with van der Waals surface area (Å²) >= 11 is 12.0. The molecule has 0 unspecified atom stereocenters. The van der Waals surface area contributed by atoms with Crippen molar-refractivity contribution in [1.82, 2.24) is 0 Å². The maximum atomic E-state index is 13.9. The van der Waals surface area contributed by atoms with Gasteiger partial charge in [-0.3, -0.25) is 0 Å². The molecule has 1 aliphatic heterocycles. The zero-order chi connectivity index (χ0) is 18.5. The van der Waals surface area contributed by atoms with Crippen molar-refractivity contribution in [3.8, 4) is 5.75 Å². The minimum atomic E-state index is -0.611. The van der Waals surface area contributed by atoms with Crippen molar-refractivity contribution in [1.29, 1.82) is 0 Å². The second-order valence-electron chi connectivity index (χ2n) is 6.43. The third-order valence-corrected chi connectivity index (χ3v) is 5.06. The Morgan fingerprint density at radius 2 is 1.88 bits per heavy atom. The minimum absolute atomic E-state index is 0.153. The van der Waals surface area contributed by atoms with Crippen LogP contribution in [0, 0.1) is 5.82 Å². The second-order valence-corrected chi connectivity index (χ2v) is 7.28. The molecule has 0 saturated carbocycles. The summed E-state index contributed by atoms with van der Waals surface area (Å²) in [6.07, 6.45) is -0.611. The largest absolute Gasteiger partial charge is 0.489 e. The van der Waals surface area contributed by atoms with Crippen LogP contribution in [-0.4, -0.2) is 50.5 Å². The topological polar surface area (TPSA) is 37.1 Å². The molecule has 1 fully saturated rings. The fraction of sp³-hybridized carbons (Fsp3) is 0.368. The predicted octanol–water partition coefficient (Wildman–Crippen LogP) is 2.28. The van der Waals surface area contributed by atoms with Gasteiger partial charge in [0, 0.05) is 11.1 Å². The van der Waals surface area contributed by atoms with Crippen molar-refractivity contribution in [3.05, 3.63) is 58.3 Å². The van der Waals surface area contributed by atoms with E-state index < -0.39 is 6.10 Å². The normalized spacial score (nSPS) is 16.5. The van der Waals surface area contributed by atoms with Gasteiger partial charge in [0.15, 0.2) is 0 Å². The van der Waals surface area contributed by atoms with Gasteiger partial charge < -0.3 is 19.6 Å². The summed E-state index contributed by atoms with van der Waals surface area (Å²) in [5.41, 5.74) is 0.644. The van der Waals surface area contributed by atoms with E-state index in [4.69, 9.17) is 27.9 Å². The number of anilines is 1. The molecule has 2 aromatic carbocycles. The van der Waals surface area contributed by atoms with Crippen molar-refractivity contribution in [2.45, 2.75) is 6.10 Å². The van der Waals surface area contributed by atoms with Crippen molar-refractivity contribution < 1.29 is 19.1 Å². The molecule has 1 heterocycles. The molecule has 0 bridgehead atoms. The van der Waals surface area contributed by atoms with Crippen molar-refractivity contribution in [3.63, 3.8) is 0 Å². The van der Waals surface area contributed by atoms with Crippen LogP contribution in [0.5, 0.6) is 5.75 Å². The molecule has 1 atom stereocenters. The summed E-state index contributed by atoms with van der Waals surface area (Å²) in [6, 6.07) is 11.8. The summed E-state index contributed by atoms with van der Waals surface area (Å²) in [6.45, 7) is 3.91. The number of aliphatic hydroxyl groups excluding tert-OH is 1. The minimum Gasteiger partial charge on any atom is -0.489 e. The van der Waals surface area contributed by atoms with Gasteiger partial charge in [-0.15, -0.1) is 0 Å². The molecule has 0 aliphatic carbocycles. The second kappa shape index (κ2) is 8.91. The highest BCUT2D eigenvalue weighted by atomic mass is 35.5. The van der Waals surface area contributed by atoms with Gasteiger partial charge in [-0.2, -0.15) is 0 Å². The number of rotatable bonds is 6. The first-order chi connectivity index (χ1) is 12.5. The van der Waals surface area contributed by atoms with Crippen molar-refractivity contribution >= 4 is 28.9 Å². The van der Waals surface area contributed by atoms with Crippen LogP contribution >= 0.6 is 23.2 Å². The number of halogens is 3. The number of hydrogen-bond acceptors (Lipinski definition) is 3. The maximum Gasteiger partial charge on any atom is 0.146 e. The van der Waals surface area contributed by atoms with Gasteiger partial charge in [0.2, 0.25) is 0 Å². The van der Waals surface area contributed by atoms with E-state index in [1.165, 1.54) is 11.0 Å². The van der Waals surface area contributed by atoms with E-state index in [9.17, 15) is 9.50 Å². The first kappa shape index (κ1) is 19.2. The van der Waals surface area contributed by atoms with Gasteiger partial charge in [-0.1, -0.05) is 35.3 Å². The quantitative estimate of drug-likeness (QED) is 0.782. The summed E-state index contributed by atoms with van der Waals surface area (Å²) in [4.78, 5) is 3.32. The summed E-state index contributed by atoms with van der Waals surface area (Å²) < 4.78 is 19.5. The lowest BCUT2D eigenvalue weighted by molar-refractivity contribution is -0.903. The van der Waals surface area contributed by atoms with Gasteiger partial charge in [-0.05, 0) is 24.3 Å². The number of hydrogen-bond donors (Lipinski definition) is 2. The van der Waals surface area contributed by atoms with Crippen LogP contribution in [0.2, 0.25) is 10.0 Å². The maximum absolute atomic E-state index is 13.9. The lowest BCUT2D eigenvalue weighted by atomic mass is 10.2. The molecule has 26 heavy (non-hydrogen) atoms. The van der Waals surface area contributed by atoms with Gasteiger partial charge in [0.25, 0.3) is 0 Å². The van der Waals surface area contributed by atoms with Crippen LogP contribution in [0.15, 0.2) is 42.5 Å². The number of piperazine rings is 1. The van der Waals surface area contributed by atoms with E-state index in [-0.39, 0.29) is 12.4 Å². The lowest BCUT2D eigenvalue weighted by Gasteiger charge is -2.34. The first-order valence-electron chi connectivity index (χ1n) is 8.62. The Morgan fingerprint density at radius 3 is 2.62 bits per heavy atom. The monoisotopic (exact) mass is 399 g/mol. The van der Waals surface area contributed by atoms with Crippen LogP contribution in [-0.2, 0) is 0 Å². The number of quaternary nitrogens is 1. The van der Waals surface area contributed by atoms with Gasteiger partial charge in [0.05, 0.1) is 36.9 Å². The van der Waals surface area contributed by atoms with Crippen LogP contribution in [0.1, 0.15) is 0 Å². The van der Waals surface area contributed by atoms with E-state index in [2.05, 4.69) is 0 Å². The fourth-order valence-corrected chi connectivity index (χ4v) is 3.48.